The van der Waals surface area contributed by atoms with Gasteiger partial charge in [-0.2, -0.15) is 0 Å². The van der Waals surface area contributed by atoms with Gasteiger partial charge in [-0.3, -0.25) is 0 Å². The molecule has 182 valence electrons. The molecule has 0 aliphatic heterocycles. The molecule has 35 heavy (non-hydrogen) atoms. The summed E-state index contributed by atoms with van der Waals surface area (Å²) in [6.45, 7) is 2.28. The van der Waals surface area contributed by atoms with Crippen molar-refractivity contribution in [1.29, 1.82) is 0 Å². The molecule has 0 saturated carbocycles. The minimum atomic E-state index is -1.83. The maximum atomic E-state index is 2.38. The average molecular weight is 547 g/mol. The molecule has 0 fully saturated rings. The summed E-state index contributed by atoms with van der Waals surface area (Å²) in [6, 6.07) is 43.1. The van der Waals surface area contributed by atoms with Gasteiger partial charge in [0.25, 0.3) is 0 Å². The summed E-state index contributed by atoms with van der Waals surface area (Å²) in [7, 11) is -1.83. The Hall–Kier alpha value is -2.21. The van der Waals surface area contributed by atoms with Crippen LogP contribution < -0.4 is 15.9 Å². The second-order valence-electron chi connectivity index (χ2n) is 9.31. The summed E-state index contributed by atoms with van der Waals surface area (Å²) in [5, 5.41) is 4.34. The molecule has 2 heteroatoms. The fraction of sp³-hybridized carbons (Fsp3) is 0.273. The molecule has 0 unspecified atom stereocenters. The lowest BCUT2D eigenvalue weighted by molar-refractivity contribution is 0.607. The first kappa shape index (κ1) is 27.4. The van der Waals surface area contributed by atoms with E-state index in [0.717, 1.165) is 6.16 Å². The number of benzene rings is 4. The Labute approximate surface area is 223 Å². The molecule has 0 radical (unpaired) electrons. The highest BCUT2D eigenvalue weighted by Crippen LogP contribution is 2.58. The van der Waals surface area contributed by atoms with Crippen LogP contribution in [0.3, 0.4) is 0 Å². The van der Waals surface area contributed by atoms with Crippen LogP contribution in [-0.4, -0.2) is 0 Å². The number of hydrogen-bond donors (Lipinski definition) is 0. The van der Waals surface area contributed by atoms with Gasteiger partial charge in [0.05, 0.1) is 6.16 Å². The second-order valence-corrected chi connectivity index (χ2v) is 12.8. The maximum Gasteiger partial charge on any atom is 0.116 e. The zero-order valence-electron chi connectivity index (χ0n) is 21.0. The Balaban J connectivity index is 0.00000342. The van der Waals surface area contributed by atoms with Gasteiger partial charge in [-0.15, -0.1) is 17.0 Å². The Bertz CT molecular complexity index is 996. The lowest BCUT2D eigenvalue weighted by Crippen LogP contribution is -2.32. The molecule has 0 atom stereocenters. The molecule has 4 aromatic carbocycles. The lowest BCUT2D eigenvalue weighted by atomic mass is 10.0. The van der Waals surface area contributed by atoms with Crippen LogP contribution in [0.25, 0.3) is 0 Å². The van der Waals surface area contributed by atoms with Crippen molar-refractivity contribution < 1.29 is 0 Å². The molecule has 0 aliphatic rings. The van der Waals surface area contributed by atoms with E-state index in [2.05, 4.69) is 122 Å². The molecule has 0 heterocycles. The van der Waals surface area contributed by atoms with Crippen LogP contribution in [0.1, 0.15) is 56.6 Å². The molecule has 4 rings (SSSR count). The minimum Gasteiger partial charge on any atom is -0.114 e. The zero-order valence-corrected chi connectivity index (χ0v) is 23.6. The topological polar surface area (TPSA) is 0 Å². The van der Waals surface area contributed by atoms with Crippen molar-refractivity contribution in [3.8, 4) is 0 Å². The van der Waals surface area contributed by atoms with Crippen molar-refractivity contribution in [2.45, 2.75) is 58.0 Å². The van der Waals surface area contributed by atoms with Crippen molar-refractivity contribution in [3.63, 3.8) is 0 Å². The standard InChI is InChI=1S/C33H38P.BrH/c1-2-3-4-5-6-10-17-29-24-26-30(27-25-29)28-34(31-18-11-7-12-19-31,32-20-13-8-14-21-32)33-22-15-9-16-23-33;/h7-9,11-16,18-27H,2-6,10,17,28H2,1H3;1H/q+1;. The first-order valence-corrected chi connectivity index (χ1v) is 14.9. The third-order valence-corrected chi connectivity index (χ3v) is 11.2. The van der Waals surface area contributed by atoms with Crippen LogP contribution in [0.15, 0.2) is 115 Å². The predicted octanol–water partition coefficient (Wildman–Crippen LogP) is 8.66. The Morgan fingerprint density at radius 3 is 1.31 bits per heavy atom. The van der Waals surface area contributed by atoms with Gasteiger partial charge in [0.2, 0.25) is 0 Å². The Kier molecular flexibility index (Phi) is 11.2. The number of rotatable bonds is 12. The van der Waals surface area contributed by atoms with E-state index < -0.39 is 7.26 Å². The molecule has 0 aromatic heterocycles. The Morgan fingerprint density at radius 2 is 0.857 bits per heavy atom. The van der Waals surface area contributed by atoms with Crippen LogP contribution in [0.5, 0.6) is 0 Å². The largest absolute Gasteiger partial charge is 0.116 e. The fourth-order valence-electron chi connectivity index (χ4n) is 4.96. The van der Waals surface area contributed by atoms with E-state index in [4.69, 9.17) is 0 Å². The molecule has 0 bridgehead atoms. The monoisotopic (exact) mass is 545 g/mol. The average Bonchev–Trinajstić information content (AvgIpc) is 2.91. The summed E-state index contributed by atoms with van der Waals surface area (Å²) in [6.07, 6.45) is 10.4. The van der Waals surface area contributed by atoms with E-state index in [9.17, 15) is 0 Å². The van der Waals surface area contributed by atoms with Gasteiger partial charge in [-0.25, -0.2) is 0 Å². The number of unbranched alkanes of at least 4 members (excludes halogenated alkanes) is 5. The summed E-state index contributed by atoms with van der Waals surface area (Å²) < 4.78 is 0. The third kappa shape index (κ3) is 7.16. The zero-order chi connectivity index (χ0) is 23.5. The highest BCUT2D eigenvalue weighted by molar-refractivity contribution is 8.93. The first-order chi connectivity index (χ1) is 16.8. The van der Waals surface area contributed by atoms with Gasteiger partial charge < -0.3 is 0 Å². The minimum absolute atomic E-state index is 0. The molecule has 0 nitrogen and oxygen atoms in total. The van der Waals surface area contributed by atoms with Gasteiger partial charge in [0.15, 0.2) is 0 Å². The number of hydrogen-bond acceptors (Lipinski definition) is 0. The van der Waals surface area contributed by atoms with Crippen LogP contribution in [0.2, 0.25) is 0 Å². The molecule has 0 amide bonds. The van der Waals surface area contributed by atoms with Crippen molar-refractivity contribution in [2.24, 2.45) is 0 Å². The van der Waals surface area contributed by atoms with Crippen LogP contribution >= 0.6 is 24.2 Å². The highest BCUT2D eigenvalue weighted by atomic mass is 79.9. The van der Waals surface area contributed by atoms with E-state index >= 15 is 0 Å². The van der Waals surface area contributed by atoms with Gasteiger partial charge in [-0.05, 0) is 60.4 Å². The van der Waals surface area contributed by atoms with E-state index in [1.807, 2.05) is 0 Å². The third-order valence-electron chi connectivity index (χ3n) is 6.85. The SMILES string of the molecule is Br.CCCCCCCCc1ccc(C[P+](c2ccccc2)(c2ccccc2)c2ccccc2)cc1. The summed E-state index contributed by atoms with van der Waals surface area (Å²) >= 11 is 0. The van der Waals surface area contributed by atoms with Crippen molar-refractivity contribution in [1.82, 2.24) is 0 Å². The quantitative estimate of drug-likeness (QED) is 0.123. The van der Waals surface area contributed by atoms with E-state index in [1.165, 1.54) is 72.0 Å². The lowest BCUT2D eigenvalue weighted by Gasteiger charge is -2.28. The molecule has 0 aliphatic carbocycles. The van der Waals surface area contributed by atoms with Crippen LogP contribution in [-0.2, 0) is 12.6 Å². The van der Waals surface area contributed by atoms with Gasteiger partial charge in [0.1, 0.15) is 23.2 Å². The molecule has 0 spiro atoms. The number of aryl methyl sites for hydroxylation is 1. The molecule has 0 N–H and O–H groups in total. The smallest absolute Gasteiger partial charge is 0.114 e. The van der Waals surface area contributed by atoms with E-state index in [0.29, 0.717) is 0 Å². The molecule has 4 aromatic rings. The molecular formula is C33H39BrP+. The van der Waals surface area contributed by atoms with Crippen molar-refractivity contribution in [2.75, 3.05) is 0 Å². The van der Waals surface area contributed by atoms with Gasteiger partial charge in [-0.1, -0.05) is 118 Å². The predicted molar refractivity (Wildman–Crippen MR) is 163 cm³/mol. The second kappa shape index (κ2) is 14.4. The highest BCUT2D eigenvalue weighted by Gasteiger charge is 2.45. The van der Waals surface area contributed by atoms with Crippen molar-refractivity contribution >= 4 is 40.2 Å². The van der Waals surface area contributed by atoms with Gasteiger partial charge in [0, 0.05) is 0 Å². The molecular weight excluding hydrogens is 507 g/mol. The summed E-state index contributed by atoms with van der Waals surface area (Å²) in [5.74, 6) is 0. The van der Waals surface area contributed by atoms with Crippen LogP contribution in [0.4, 0.5) is 0 Å². The number of halogens is 1. The first-order valence-electron chi connectivity index (χ1n) is 13.0. The summed E-state index contributed by atoms with van der Waals surface area (Å²) in [5.41, 5.74) is 2.90. The van der Waals surface area contributed by atoms with Crippen molar-refractivity contribution in [3.05, 3.63) is 126 Å². The molecule has 0 saturated heterocycles. The fourth-order valence-corrected chi connectivity index (χ4v) is 9.21. The Morgan fingerprint density at radius 1 is 0.457 bits per heavy atom. The maximum absolute atomic E-state index is 2.38. The van der Waals surface area contributed by atoms with Gasteiger partial charge >= 0.3 is 0 Å². The summed E-state index contributed by atoms with van der Waals surface area (Å²) in [4.78, 5) is 0. The van der Waals surface area contributed by atoms with Crippen LogP contribution in [0, 0.1) is 0 Å². The van der Waals surface area contributed by atoms with E-state index in [-0.39, 0.29) is 17.0 Å². The van der Waals surface area contributed by atoms with E-state index in [1.54, 1.807) is 0 Å². The normalized spacial score (nSPS) is 11.1.